The minimum atomic E-state index is -4.77. The average molecular weight is 288 g/mol. The topological polar surface area (TPSA) is 35.5 Å². The van der Waals surface area contributed by atoms with Crippen molar-refractivity contribution in [3.05, 3.63) is 0 Å². The number of hydrogen-bond donors (Lipinski definition) is 0. The second-order valence-corrected chi connectivity index (χ2v) is 5.30. The molecule has 0 aromatic carbocycles. The van der Waals surface area contributed by atoms with E-state index in [0.717, 1.165) is 0 Å². The number of rotatable bonds is 6. The van der Waals surface area contributed by atoms with Gasteiger partial charge in [-0.05, 0) is 6.42 Å². The molecule has 0 aliphatic heterocycles. The Hall–Kier alpha value is -0.270. The van der Waals surface area contributed by atoms with Crippen molar-refractivity contribution in [2.75, 3.05) is 19.4 Å². The molecule has 0 spiro atoms. The molecule has 0 atom stereocenters. The summed E-state index contributed by atoms with van der Waals surface area (Å²) in [6, 6.07) is 0. The predicted octanol–water partition coefficient (Wildman–Crippen LogP) is 3.75. The van der Waals surface area contributed by atoms with Gasteiger partial charge in [0, 0.05) is 6.16 Å². The molecule has 0 aromatic heterocycles. The average Bonchev–Trinajstić information content (AvgIpc) is 2.11. The summed E-state index contributed by atoms with van der Waals surface area (Å²) >= 11 is 0. The lowest BCUT2D eigenvalue weighted by Gasteiger charge is -2.19. The quantitative estimate of drug-likeness (QED) is 0.551. The number of hydrogen-bond acceptors (Lipinski definition) is 3. The van der Waals surface area contributed by atoms with Gasteiger partial charge in [0.1, 0.15) is 0 Å². The lowest BCUT2D eigenvalue weighted by molar-refractivity contribution is -0.165. The Kier molecular flexibility index (Phi) is 5.96. The molecule has 0 aliphatic carbocycles. The summed E-state index contributed by atoms with van der Waals surface area (Å²) in [6.45, 7) is -2.37. The summed E-state index contributed by atoms with van der Waals surface area (Å²) in [5, 5.41) is 0. The van der Waals surface area contributed by atoms with Gasteiger partial charge in [-0.3, -0.25) is 13.6 Å². The third kappa shape index (κ3) is 9.43. The van der Waals surface area contributed by atoms with Crippen molar-refractivity contribution in [1.82, 2.24) is 0 Å². The molecule has 0 heterocycles. The van der Waals surface area contributed by atoms with Crippen LogP contribution in [0.4, 0.5) is 26.3 Å². The van der Waals surface area contributed by atoms with Crippen LogP contribution in [0.3, 0.4) is 0 Å². The van der Waals surface area contributed by atoms with Gasteiger partial charge in [0.25, 0.3) is 0 Å². The molecule has 10 heteroatoms. The van der Waals surface area contributed by atoms with Crippen LogP contribution in [0.5, 0.6) is 0 Å². The molecule has 0 bridgehead atoms. The lowest BCUT2D eigenvalue weighted by Crippen LogP contribution is -2.20. The molecule has 0 unspecified atom stereocenters. The number of alkyl halides is 6. The summed E-state index contributed by atoms with van der Waals surface area (Å²) in [4.78, 5) is 0. The Bertz CT molecular complexity index is 252. The van der Waals surface area contributed by atoms with Crippen molar-refractivity contribution >= 4 is 7.60 Å². The van der Waals surface area contributed by atoms with Crippen molar-refractivity contribution in [1.29, 1.82) is 0 Å². The molecule has 17 heavy (non-hydrogen) atoms. The van der Waals surface area contributed by atoms with Gasteiger partial charge in [-0.1, -0.05) is 6.92 Å². The Balaban J connectivity index is 4.41. The van der Waals surface area contributed by atoms with E-state index < -0.39 is 39.3 Å². The highest BCUT2D eigenvalue weighted by Gasteiger charge is 2.37. The number of halogens is 6. The van der Waals surface area contributed by atoms with Crippen LogP contribution in [-0.4, -0.2) is 31.7 Å². The molecule has 0 N–H and O–H groups in total. The summed E-state index contributed by atoms with van der Waals surface area (Å²) < 4.78 is 90.0. The first-order chi connectivity index (χ1) is 7.47. The molecule has 0 rings (SSSR count). The summed E-state index contributed by atoms with van der Waals surface area (Å²) in [5.41, 5.74) is 0. The fourth-order valence-electron chi connectivity index (χ4n) is 0.783. The van der Waals surface area contributed by atoms with E-state index in [1.165, 1.54) is 6.92 Å². The molecular weight excluding hydrogens is 277 g/mol. The fraction of sp³-hybridized carbons (Fsp3) is 1.00. The summed E-state index contributed by atoms with van der Waals surface area (Å²) in [6.07, 6.45) is -9.97. The third-order valence-electron chi connectivity index (χ3n) is 1.35. The van der Waals surface area contributed by atoms with Crippen LogP contribution in [0.15, 0.2) is 0 Å². The van der Waals surface area contributed by atoms with Gasteiger partial charge in [0.2, 0.25) is 0 Å². The van der Waals surface area contributed by atoms with E-state index in [1.807, 2.05) is 0 Å². The molecule has 0 saturated carbocycles. The molecule has 0 aromatic rings. The maximum atomic E-state index is 11.8. The highest BCUT2D eigenvalue weighted by molar-refractivity contribution is 7.53. The molecule has 0 radical (unpaired) electrons. The second-order valence-electron chi connectivity index (χ2n) is 3.11. The highest BCUT2D eigenvalue weighted by atomic mass is 31.2. The van der Waals surface area contributed by atoms with Crippen molar-refractivity contribution in [3.63, 3.8) is 0 Å². The highest BCUT2D eigenvalue weighted by Crippen LogP contribution is 2.50. The Labute approximate surface area is 93.6 Å². The van der Waals surface area contributed by atoms with E-state index in [1.54, 1.807) is 0 Å². The fourth-order valence-corrected chi connectivity index (χ4v) is 2.35. The first kappa shape index (κ1) is 16.7. The minimum absolute atomic E-state index is 0.0764. The minimum Gasteiger partial charge on any atom is -0.299 e. The maximum Gasteiger partial charge on any atom is 0.412 e. The summed E-state index contributed by atoms with van der Waals surface area (Å²) in [7, 11) is -4.35. The van der Waals surface area contributed by atoms with Gasteiger partial charge in [-0.25, -0.2) is 0 Å². The molecule has 0 saturated heterocycles. The first-order valence-electron chi connectivity index (χ1n) is 4.49. The van der Waals surface area contributed by atoms with Crippen LogP contribution < -0.4 is 0 Å². The molecule has 0 aliphatic rings. The van der Waals surface area contributed by atoms with Crippen LogP contribution in [0, 0.1) is 0 Å². The molecule has 0 amide bonds. The second kappa shape index (κ2) is 6.06. The Morgan fingerprint density at radius 2 is 1.29 bits per heavy atom. The van der Waals surface area contributed by atoms with Crippen molar-refractivity contribution in [3.8, 4) is 0 Å². The van der Waals surface area contributed by atoms with Gasteiger partial charge < -0.3 is 0 Å². The predicted molar refractivity (Wildman–Crippen MR) is 46.8 cm³/mol. The Morgan fingerprint density at radius 3 is 1.53 bits per heavy atom. The van der Waals surface area contributed by atoms with Gasteiger partial charge in [-0.15, -0.1) is 0 Å². The zero-order valence-corrected chi connectivity index (χ0v) is 9.66. The van der Waals surface area contributed by atoms with Crippen molar-refractivity contribution < 1.29 is 40.0 Å². The van der Waals surface area contributed by atoms with Crippen LogP contribution >= 0.6 is 7.60 Å². The largest absolute Gasteiger partial charge is 0.412 e. The van der Waals surface area contributed by atoms with Gasteiger partial charge in [-0.2, -0.15) is 26.3 Å². The zero-order chi connectivity index (χ0) is 13.7. The van der Waals surface area contributed by atoms with Gasteiger partial charge in [0.05, 0.1) is 0 Å². The zero-order valence-electron chi connectivity index (χ0n) is 8.77. The summed E-state index contributed by atoms with van der Waals surface area (Å²) in [5.74, 6) is 0. The Morgan fingerprint density at radius 1 is 0.941 bits per heavy atom. The standard InChI is InChI=1S/C7H11F6O3P/c1-2-3-17(14,15-4-6(8,9)10)16-5-7(11,12)13/h2-5H2,1H3. The molecule has 3 nitrogen and oxygen atoms in total. The van der Waals surface area contributed by atoms with Crippen molar-refractivity contribution in [2.45, 2.75) is 25.7 Å². The SMILES string of the molecule is CCCP(=O)(OCC(F)(F)F)OCC(F)(F)F. The van der Waals surface area contributed by atoms with E-state index in [4.69, 9.17) is 0 Å². The smallest absolute Gasteiger partial charge is 0.299 e. The third-order valence-corrected chi connectivity index (χ3v) is 3.39. The van der Waals surface area contributed by atoms with Crippen molar-refractivity contribution in [2.24, 2.45) is 0 Å². The monoisotopic (exact) mass is 288 g/mol. The molecule has 0 fully saturated rings. The van der Waals surface area contributed by atoms with E-state index in [-0.39, 0.29) is 6.42 Å². The van der Waals surface area contributed by atoms with E-state index in [2.05, 4.69) is 9.05 Å². The van der Waals surface area contributed by atoms with Gasteiger partial charge in [0.15, 0.2) is 13.2 Å². The lowest BCUT2D eigenvalue weighted by atomic mass is 10.6. The normalized spacial score (nSPS) is 14.1. The van der Waals surface area contributed by atoms with Gasteiger partial charge >= 0.3 is 19.9 Å². The van der Waals surface area contributed by atoms with Crippen LogP contribution in [-0.2, 0) is 13.6 Å². The molecule has 104 valence electrons. The van der Waals surface area contributed by atoms with E-state index in [9.17, 15) is 30.9 Å². The van der Waals surface area contributed by atoms with E-state index >= 15 is 0 Å². The van der Waals surface area contributed by atoms with E-state index in [0.29, 0.717) is 0 Å². The first-order valence-corrected chi connectivity index (χ1v) is 6.22. The molecular formula is C7H11F6O3P. The van der Waals surface area contributed by atoms with Crippen LogP contribution in [0.1, 0.15) is 13.3 Å². The van der Waals surface area contributed by atoms with Crippen LogP contribution in [0.25, 0.3) is 0 Å². The van der Waals surface area contributed by atoms with Crippen LogP contribution in [0.2, 0.25) is 0 Å². The maximum absolute atomic E-state index is 11.8.